The summed E-state index contributed by atoms with van der Waals surface area (Å²) in [4.78, 5) is 25.8. The van der Waals surface area contributed by atoms with Gasteiger partial charge in [-0.1, -0.05) is 42.5 Å². The average molecular weight is 611 g/mol. The third-order valence-electron chi connectivity index (χ3n) is 5.48. The molecule has 36 heavy (non-hydrogen) atoms. The molecule has 0 aliphatic rings. The predicted molar refractivity (Wildman–Crippen MR) is 146 cm³/mol. The Kier molecular flexibility index (Phi) is 7.76. The number of carbonyl (C=O) groups is 2. The quantitative estimate of drug-likeness (QED) is 0.227. The topological polar surface area (TPSA) is 87.1 Å². The summed E-state index contributed by atoms with van der Waals surface area (Å²) in [7, 11) is 0. The normalized spacial score (nSPS) is 10.6. The number of carbonyl (C=O) groups excluding carboxylic acids is 1. The van der Waals surface area contributed by atoms with E-state index in [2.05, 4.69) is 31.9 Å². The van der Waals surface area contributed by atoms with Gasteiger partial charge in [0.15, 0.2) is 5.75 Å². The number of carboxylic acid groups (broad SMARTS) is 1. The van der Waals surface area contributed by atoms with Crippen molar-refractivity contribution in [3.8, 4) is 28.4 Å². The summed E-state index contributed by atoms with van der Waals surface area (Å²) >= 11 is 6.99. The maximum Gasteiger partial charge on any atom is 0.323 e. The number of aromatic hydroxyl groups is 1. The molecule has 1 amide bonds. The zero-order chi connectivity index (χ0) is 25.8. The van der Waals surface area contributed by atoms with Gasteiger partial charge < -0.3 is 14.9 Å². The van der Waals surface area contributed by atoms with E-state index in [0.717, 1.165) is 11.1 Å². The molecule has 2 N–H and O–H groups in total. The zero-order valence-electron chi connectivity index (χ0n) is 19.1. The lowest BCUT2D eigenvalue weighted by atomic mass is 9.99. The first kappa shape index (κ1) is 25.5. The number of hydrogen-bond acceptors (Lipinski definition) is 4. The maximum atomic E-state index is 13.1. The number of phenolic OH excluding ortho intramolecular Hbond substituents is 1. The molecule has 4 rings (SSSR count). The molecule has 4 aromatic rings. The number of aryl methyl sites for hydroxylation is 1. The van der Waals surface area contributed by atoms with Crippen LogP contribution in [0.1, 0.15) is 15.9 Å². The molecule has 0 saturated carbocycles. The van der Waals surface area contributed by atoms with Gasteiger partial charge >= 0.3 is 5.97 Å². The fraction of sp³-hybridized carbons (Fsp3) is 0.0714. The first-order valence-corrected chi connectivity index (χ1v) is 12.5. The van der Waals surface area contributed by atoms with Gasteiger partial charge in [-0.3, -0.25) is 14.5 Å². The van der Waals surface area contributed by atoms with Gasteiger partial charge in [0.25, 0.3) is 5.91 Å². The Labute approximate surface area is 225 Å². The summed E-state index contributed by atoms with van der Waals surface area (Å²) in [6, 6.07) is 24.5. The van der Waals surface area contributed by atoms with E-state index in [1.165, 1.54) is 4.90 Å². The molecule has 8 heteroatoms. The van der Waals surface area contributed by atoms with Crippen molar-refractivity contribution in [1.29, 1.82) is 0 Å². The van der Waals surface area contributed by atoms with Gasteiger partial charge in [-0.25, -0.2) is 0 Å². The van der Waals surface area contributed by atoms with Crippen LogP contribution in [-0.2, 0) is 4.79 Å². The Morgan fingerprint density at radius 3 is 2.14 bits per heavy atom. The monoisotopic (exact) mass is 609 g/mol. The van der Waals surface area contributed by atoms with Crippen molar-refractivity contribution >= 4 is 49.4 Å². The number of anilines is 1. The third-order valence-corrected chi connectivity index (χ3v) is 6.66. The Morgan fingerprint density at radius 1 is 0.861 bits per heavy atom. The zero-order valence-corrected chi connectivity index (χ0v) is 22.3. The van der Waals surface area contributed by atoms with Crippen molar-refractivity contribution in [2.45, 2.75) is 6.92 Å². The van der Waals surface area contributed by atoms with Crippen LogP contribution in [0.3, 0.4) is 0 Å². The van der Waals surface area contributed by atoms with Gasteiger partial charge in [0, 0.05) is 16.8 Å². The fourth-order valence-corrected chi connectivity index (χ4v) is 5.06. The molecule has 182 valence electrons. The molecule has 6 nitrogen and oxygen atoms in total. The maximum absolute atomic E-state index is 13.1. The highest BCUT2D eigenvalue weighted by Crippen LogP contribution is 2.42. The van der Waals surface area contributed by atoms with Crippen molar-refractivity contribution in [2.75, 3.05) is 11.4 Å². The van der Waals surface area contributed by atoms with E-state index in [4.69, 9.17) is 4.74 Å². The lowest BCUT2D eigenvalue weighted by Gasteiger charge is -2.23. The summed E-state index contributed by atoms with van der Waals surface area (Å²) in [6.45, 7) is 1.46. The van der Waals surface area contributed by atoms with Crippen LogP contribution in [0.15, 0.2) is 93.9 Å². The Balaban J connectivity index is 1.68. The Morgan fingerprint density at radius 2 is 1.50 bits per heavy atom. The second kappa shape index (κ2) is 11.0. The van der Waals surface area contributed by atoms with Crippen molar-refractivity contribution in [2.24, 2.45) is 0 Å². The molecule has 0 unspecified atom stereocenters. The molecule has 0 spiro atoms. The predicted octanol–water partition coefficient (Wildman–Crippen LogP) is 7.42. The molecule has 4 aromatic carbocycles. The second-order valence-electron chi connectivity index (χ2n) is 7.99. The van der Waals surface area contributed by atoms with E-state index < -0.39 is 18.4 Å². The van der Waals surface area contributed by atoms with Crippen LogP contribution in [0.25, 0.3) is 11.1 Å². The number of amides is 1. The number of benzene rings is 4. The lowest BCUT2D eigenvalue weighted by Crippen LogP contribution is -2.35. The number of aliphatic carboxylic acids is 1. The summed E-state index contributed by atoms with van der Waals surface area (Å²) < 4.78 is 7.15. The number of halogens is 2. The van der Waals surface area contributed by atoms with Gasteiger partial charge in [-0.2, -0.15) is 0 Å². The van der Waals surface area contributed by atoms with Gasteiger partial charge in [-0.15, -0.1) is 0 Å². The molecule has 0 aliphatic carbocycles. The first-order chi connectivity index (χ1) is 17.2. The van der Waals surface area contributed by atoms with Gasteiger partial charge in [0.2, 0.25) is 0 Å². The number of nitrogens with zero attached hydrogens (tertiary/aromatic N) is 1. The standard InChI is InChI=1S/C28H21Br2NO5/c1-17-7-5-6-10-21(17)22-15-20(11-12-25(22)32)36-27-23(29)13-19(14-24(27)30)31(16-26(33)34)28(35)18-8-3-2-4-9-18/h2-15,32H,16H2,1H3,(H,33,34). The van der Waals surface area contributed by atoms with E-state index in [-0.39, 0.29) is 5.75 Å². The van der Waals surface area contributed by atoms with Gasteiger partial charge in [-0.05, 0) is 92.4 Å². The highest BCUT2D eigenvalue weighted by molar-refractivity contribution is 9.11. The average Bonchev–Trinajstić information content (AvgIpc) is 2.86. The molecule has 0 aliphatic heterocycles. The van der Waals surface area contributed by atoms with Crippen molar-refractivity contribution < 1.29 is 24.5 Å². The number of hydrogen-bond donors (Lipinski definition) is 2. The highest BCUT2D eigenvalue weighted by Gasteiger charge is 2.23. The van der Waals surface area contributed by atoms with Crippen molar-refractivity contribution in [3.63, 3.8) is 0 Å². The summed E-state index contributed by atoms with van der Waals surface area (Å²) in [6.07, 6.45) is 0. The second-order valence-corrected chi connectivity index (χ2v) is 9.69. The lowest BCUT2D eigenvalue weighted by molar-refractivity contribution is -0.135. The molecule has 0 radical (unpaired) electrons. The van der Waals surface area contributed by atoms with E-state index in [9.17, 15) is 19.8 Å². The van der Waals surface area contributed by atoms with Crippen LogP contribution in [0.4, 0.5) is 5.69 Å². The van der Waals surface area contributed by atoms with Crippen LogP contribution in [0.2, 0.25) is 0 Å². The Hall–Kier alpha value is -3.62. The van der Waals surface area contributed by atoms with Crippen LogP contribution in [0.5, 0.6) is 17.2 Å². The molecule has 0 saturated heterocycles. The minimum Gasteiger partial charge on any atom is -0.507 e. The van der Waals surface area contributed by atoms with Crippen molar-refractivity contribution in [1.82, 2.24) is 0 Å². The van der Waals surface area contributed by atoms with Gasteiger partial charge in [0.05, 0.1) is 8.95 Å². The smallest absolute Gasteiger partial charge is 0.323 e. The fourth-order valence-electron chi connectivity index (χ4n) is 3.74. The molecular weight excluding hydrogens is 590 g/mol. The number of phenols is 1. The van der Waals surface area contributed by atoms with E-state index in [0.29, 0.717) is 37.3 Å². The number of ether oxygens (including phenoxy) is 1. The van der Waals surface area contributed by atoms with Crippen molar-refractivity contribution in [3.05, 3.63) is 105 Å². The number of carboxylic acids is 1. The van der Waals surface area contributed by atoms with E-state index in [1.54, 1.807) is 60.7 Å². The van der Waals surface area contributed by atoms with E-state index >= 15 is 0 Å². The van der Waals surface area contributed by atoms with Crippen LogP contribution >= 0.6 is 31.9 Å². The molecule has 0 atom stereocenters. The molecule has 0 fully saturated rings. The number of rotatable bonds is 7. The molecule has 0 heterocycles. The summed E-state index contributed by atoms with van der Waals surface area (Å²) in [5.74, 6) is -0.522. The molecular formula is C28H21Br2NO5. The highest BCUT2D eigenvalue weighted by atomic mass is 79.9. The molecule has 0 aromatic heterocycles. The minimum absolute atomic E-state index is 0.133. The minimum atomic E-state index is -1.14. The SMILES string of the molecule is Cc1ccccc1-c1cc(Oc2c(Br)cc(N(CC(=O)O)C(=O)c3ccccc3)cc2Br)ccc1O. The molecule has 0 bridgehead atoms. The largest absolute Gasteiger partial charge is 0.507 e. The first-order valence-electron chi connectivity index (χ1n) is 10.9. The van der Waals surface area contributed by atoms with E-state index in [1.807, 2.05) is 31.2 Å². The Bertz CT molecular complexity index is 1420. The van der Waals surface area contributed by atoms with Crippen LogP contribution < -0.4 is 9.64 Å². The summed E-state index contributed by atoms with van der Waals surface area (Å²) in [5.41, 5.74) is 3.29. The van der Waals surface area contributed by atoms with Gasteiger partial charge in [0.1, 0.15) is 18.0 Å². The third kappa shape index (κ3) is 5.61. The van der Waals surface area contributed by atoms with Crippen LogP contribution in [-0.4, -0.2) is 28.6 Å². The van der Waals surface area contributed by atoms with Crippen LogP contribution in [0, 0.1) is 6.92 Å². The summed E-state index contributed by atoms with van der Waals surface area (Å²) in [5, 5.41) is 19.9.